The minimum Gasteiger partial charge on any atom is -0.299 e. The molecule has 1 heterocycles. The molecular weight excluding hydrogens is 218 g/mol. The van der Waals surface area contributed by atoms with Crippen molar-refractivity contribution in [3.05, 3.63) is 35.9 Å². The number of alkyl halides is 1. The predicted molar refractivity (Wildman–Crippen MR) is 70.2 cm³/mol. The lowest BCUT2D eigenvalue weighted by Crippen LogP contribution is -2.40. The fourth-order valence-electron chi connectivity index (χ4n) is 2.50. The Morgan fingerprint density at radius 3 is 2.44 bits per heavy atom. The van der Waals surface area contributed by atoms with Gasteiger partial charge in [-0.3, -0.25) is 4.90 Å². The lowest BCUT2D eigenvalue weighted by atomic mass is 9.89. The Bertz CT molecular complexity index is 304. The van der Waals surface area contributed by atoms with Crippen LogP contribution in [0.15, 0.2) is 30.3 Å². The van der Waals surface area contributed by atoms with Gasteiger partial charge in [-0.15, -0.1) is 11.6 Å². The monoisotopic (exact) mass is 237 g/mol. The van der Waals surface area contributed by atoms with E-state index in [0.717, 1.165) is 11.8 Å². The lowest BCUT2D eigenvalue weighted by molar-refractivity contribution is 0.173. The Balaban J connectivity index is 1.91. The van der Waals surface area contributed by atoms with E-state index in [1.807, 2.05) is 0 Å². The van der Waals surface area contributed by atoms with E-state index >= 15 is 0 Å². The van der Waals surface area contributed by atoms with Gasteiger partial charge in [-0.25, -0.2) is 0 Å². The quantitative estimate of drug-likeness (QED) is 0.728. The fraction of sp³-hybridized carbons (Fsp3) is 0.571. The second-order valence-electron chi connectivity index (χ2n) is 4.72. The number of piperidine rings is 1. The summed E-state index contributed by atoms with van der Waals surface area (Å²) in [6.45, 7) is 4.59. The van der Waals surface area contributed by atoms with Gasteiger partial charge in [0.1, 0.15) is 0 Å². The smallest absolute Gasteiger partial charge is 0.0376 e. The summed E-state index contributed by atoms with van der Waals surface area (Å²) in [6.07, 6.45) is 2.54. The molecule has 1 aromatic rings. The van der Waals surface area contributed by atoms with E-state index in [1.165, 1.54) is 31.5 Å². The molecule has 2 rings (SSSR count). The third kappa shape index (κ3) is 2.78. The van der Waals surface area contributed by atoms with Crippen molar-refractivity contribution in [2.45, 2.75) is 31.7 Å². The molecule has 0 saturated carbocycles. The minimum absolute atomic E-state index is 0.526. The molecule has 1 fully saturated rings. The topological polar surface area (TPSA) is 3.24 Å². The number of hydrogen-bond donors (Lipinski definition) is 0. The third-order valence-electron chi connectivity index (χ3n) is 3.65. The van der Waals surface area contributed by atoms with Crippen molar-refractivity contribution in [1.82, 2.24) is 4.90 Å². The highest BCUT2D eigenvalue weighted by atomic mass is 35.5. The Morgan fingerprint density at radius 2 is 1.88 bits per heavy atom. The molecular formula is C14H20ClN. The van der Waals surface area contributed by atoms with Crippen molar-refractivity contribution >= 4 is 11.6 Å². The summed E-state index contributed by atoms with van der Waals surface area (Å²) in [7, 11) is 0. The highest BCUT2D eigenvalue weighted by Gasteiger charge is 2.22. The van der Waals surface area contributed by atoms with Crippen LogP contribution in [-0.4, -0.2) is 29.9 Å². The van der Waals surface area contributed by atoms with E-state index in [-0.39, 0.29) is 0 Å². The first-order chi connectivity index (χ1) is 7.81. The molecule has 0 aliphatic carbocycles. The largest absolute Gasteiger partial charge is 0.299 e. The van der Waals surface area contributed by atoms with Crippen LogP contribution in [0.2, 0.25) is 0 Å². The average Bonchev–Trinajstić information content (AvgIpc) is 2.39. The average molecular weight is 238 g/mol. The van der Waals surface area contributed by atoms with Crippen LogP contribution in [0.5, 0.6) is 0 Å². The Kier molecular flexibility index (Phi) is 4.25. The van der Waals surface area contributed by atoms with E-state index in [0.29, 0.717) is 6.04 Å². The summed E-state index contributed by atoms with van der Waals surface area (Å²) >= 11 is 5.90. The Morgan fingerprint density at radius 1 is 1.25 bits per heavy atom. The number of benzene rings is 1. The van der Waals surface area contributed by atoms with Crippen LogP contribution in [0, 0.1) is 0 Å². The summed E-state index contributed by atoms with van der Waals surface area (Å²) in [4.78, 5) is 2.51. The molecule has 0 radical (unpaired) electrons. The molecule has 1 unspecified atom stereocenters. The highest BCUT2D eigenvalue weighted by Crippen LogP contribution is 2.28. The van der Waals surface area contributed by atoms with Crippen molar-refractivity contribution < 1.29 is 0 Å². The number of likely N-dealkylation sites (tertiary alicyclic amines) is 1. The van der Waals surface area contributed by atoms with Crippen molar-refractivity contribution in [3.8, 4) is 0 Å². The summed E-state index contributed by atoms with van der Waals surface area (Å²) in [6, 6.07) is 11.4. The molecule has 0 amide bonds. The first-order valence-corrected chi connectivity index (χ1v) is 6.69. The summed E-state index contributed by atoms with van der Waals surface area (Å²) in [5.41, 5.74) is 1.50. The van der Waals surface area contributed by atoms with Crippen LogP contribution in [0.1, 0.15) is 31.2 Å². The van der Waals surface area contributed by atoms with Gasteiger partial charge in [-0.2, -0.15) is 0 Å². The van der Waals surface area contributed by atoms with Gasteiger partial charge >= 0.3 is 0 Å². The molecule has 2 heteroatoms. The van der Waals surface area contributed by atoms with Crippen molar-refractivity contribution in [2.75, 3.05) is 19.0 Å². The van der Waals surface area contributed by atoms with E-state index in [9.17, 15) is 0 Å². The van der Waals surface area contributed by atoms with Crippen LogP contribution >= 0.6 is 11.6 Å². The molecule has 1 aliphatic heterocycles. The van der Waals surface area contributed by atoms with Gasteiger partial charge in [-0.05, 0) is 44.3 Å². The molecule has 1 aromatic carbocycles. The second-order valence-corrected chi connectivity index (χ2v) is 5.03. The van der Waals surface area contributed by atoms with Crippen LogP contribution in [0.3, 0.4) is 0 Å². The van der Waals surface area contributed by atoms with Crippen molar-refractivity contribution in [3.63, 3.8) is 0 Å². The molecule has 1 aliphatic rings. The molecule has 16 heavy (non-hydrogen) atoms. The Hall–Kier alpha value is -0.530. The molecule has 0 aromatic heterocycles. The SMILES string of the molecule is CC(CCl)N1CCC(c2ccccc2)CC1. The molecule has 0 N–H and O–H groups in total. The van der Waals surface area contributed by atoms with E-state index in [2.05, 4.69) is 42.2 Å². The standard InChI is InChI=1S/C14H20ClN/c1-12(11-15)16-9-7-14(8-10-16)13-5-3-2-4-6-13/h2-6,12,14H,7-11H2,1H3. The fourth-order valence-corrected chi connectivity index (χ4v) is 2.69. The zero-order chi connectivity index (χ0) is 11.4. The Labute approximate surface area is 103 Å². The van der Waals surface area contributed by atoms with Gasteiger partial charge in [0.25, 0.3) is 0 Å². The number of nitrogens with zero attached hydrogens (tertiary/aromatic N) is 1. The second kappa shape index (κ2) is 5.70. The maximum absolute atomic E-state index is 5.90. The van der Waals surface area contributed by atoms with Crippen molar-refractivity contribution in [1.29, 1.82) is 0 Å². The van der Waals surface area contributed by atoms with Gasteiger partial charge in [0, 0.05) is 11.9 Å². The zero-order valence-electron chi connectivity index (χ0n) is 9.90. The number of hydrogen-bond acceptors (Lipinski definition) is 1. The van der Waals surface area contributed by atoms with Gasteiger partial charge < -0.3 is 0 Å². The molecule has 1 nitrogen and oxygen atoms in total. The first kappa shape index (κ1) is 11.9. The summed E-state index contributed by atoms with van der Waals surface area (Å²) < 4.78 is 0. The van der Waals surface area contributed by atoms with Crippen LogP contribution in [-0.2, 0) is 0 Å². The van der Waals surface area contributed by atoms with Crippen LogP contribution in [0.4, 0.5) is 0 Å². The molecule has 1 saturated heterocycles. The molecule has 1 atom stereocenters. The molecule has 88 valence electrons. The van der Waals surface area contributed by atoms with E-state index in [4.69, 9.17) is 11.6 Å². The summed E-state index contributed by atoms with van der Waals surface area (Å²) in [5, 5.41) is 0. The molecule has 0 spiro atoms. The molecule has 0 bridgehead atoms. The lowest BCUT2D eigenvalue weighted by Gasteiger charge is -2.35. The van der Waals surface area contributed by atoms with Gasteiger partial charge in [0.2, 0.25) is 0 Å². The van der Waals surface area contributed by atoms with Crippen LogP contribution < -0.4 is 0 Å². The predicted octanol–water partition coefficient (Wildman–Crippen LogP) is 3.49. The highest BCUT2D eigenvalue weighted by molar-refractivity contribution is 6.18. The normalized spacial score (nSPS) is 20.9. The zero-order valence-corrected chi connectivity index (χ0v) is 10.7. The summed E-state index contributed by atoms with van der Waals surface area (Å²) in [5.74, 6) is 1.50. The van der Waals surface area contributed by atoms with Crippen molar-refractivity contribution in [2.24, 2.45) is 0 Å². The maximum Gasteiger partial charge on any atom is 0.0376 e. The number of rotatable bonds is 3. The van der Waals surface area contributed by atoms with E-state index < -0.39 is 0 Å². The van der Waals surface area contributed by atoms with Gasteiger partial charge in [0.05, 0.1) is 0 Å². The minimum atomic E-state index is 0.526. The first-order valence-electron chi connectivity index (χ1n) is 6.16. The van der Waals surface area contributed by atoms with Gasteiger partial charge in [-0.1, -0.05) is 30.3 Å². The number of halogens is 1. The van der Waals surface area contributed by atoms with Gasteiger partial charge in [0.15, 0.2) is 0 Å². The maximum atomic E-state index is 5.90. The van der Waals surface area contributed by atoms with E-state index in [1.54, 1.807) is 0 Å². The third-order valence-corrected chi connectivity index (χ3v) is 4.09. The van der Waals surface area contributed by atoms with Crippen LogP contribution in [0.25, 0.3) is 0 Å².